The number of nitrogens with zero attached hydrogens (tertiary/aromatic N) is 1. The van der Waals surface area contributed by atoms with Gasteiger partial charge in [-0.3, -0.25) is 9.69 Å². The number of carboxylic acids is 1. The third kappa shape index (κ3) is 3.51. The van der Waals surface area contributed by atoms with E-state index in [9.17, 15) is 9.90 Å². The zero-order valence-electron chi connectivity index (χ0n) is 13.2. The monoisotopic (exact) mass is 407 g/mol. The van der Waals surface area contributed by atoms with Gasteiger partial charge in [-0.1, -0.05) is 70.3 Å². The second kappa shape index (κ2) is 7.68. The largest absolute Gasteiger partial charge is 0.480 e. The second-order valence-electron chi connectivity index (χ2n) is 6.03. The van der Waals surface area contributed by atoms with Crippen LogP contribution < -0.4 is 0 Å². The number of likely N-dealkylation sites (tertiary alicyclic amines) is 1. The normalized spacial score (nSPS) is 19.8. The SMILES string of the molecule is O=C(O)C1CCCCN1C(c1ccccc1Cl)c1ccccc1Br. The highest BCUT2D eigenvalue weighted by Crippen LogP contribution is 2.39. The maximum Gasteiger partial charge on any atom is 0.320 e. The van der Waals surface area contributed by atoms with E-state index in [1.807, 2.05) is 48.5 Å². The number of halogens is 2. The molecule has 2 atom stereocenters. The highest BCUT2D eigenvalue weighted by atomic mass is 79.9. The van der Waals surface area contributed by atoms with E-state index in [0.717, 1.165) is 35.0 Å². The maximum atomic E-state index is 11.8. The van der Waals surface area contributed by atoms with E-state index in [0.29, 0.717) is 11.4 Å². The third-order valence-electron chi connectivity index (χ3n) is 4.56. The first kappa shape index (κ1) is 17.5. The fourth-order valence-corrected chi connectivity index (χ4v) is 4.19. The van der Waals surface area contributed by atoms with Gasteiger partial charge in [-0.15, -0.1) is 0 Å². The zero-order chi connectivity index (χ0) is 17.1. The van der Waals surface area contributed by atoms with Crippen molar-refractivity contribution in [3.63, 3.8) is 0 Å². The third-order valence-corrected chi connectivity index (χ3v) is 5.63. The molecule has 3 nitrogen and oxygen atoms in total. The second-order valence-corrected chi connectivity index (χ2v) is 7.29. The van der Waals surface area contributed by atoms with Crippen LogP contribution in [0.1, 0.15) is 36.4 Å². The van der Waals surface area contributed by atoms with Crippen molar-refractivity contribution in [1.82, 2.24) is 4.90 Å². The van der Waals surface area contributed by atoms with Crippen molar-refractivity contribution in [2.24, 2.45) is 0 Å². The molecular formula is C19H19BrClNO2. The molecule has 3 rings (SSSR count). The lowest BCUT2D eigenvalue weighted by molar-refractivity contribution is -0.145. The van der Waals surface area contributed by atoms with Crippen molar-refractivity contribution in [2.75, 3.05) is 6.54 Å². The number of hydrogen-bond acceptors (Lipinski definition) is 2. The Hall–Kier alpha value is -1.36. The summed E-state index contributed by atoms with van der Waals surface area (Å²) in [6.45, 7) is 0.744. The average molecular weight is 409 g/mol. The Labute approximate surface area is 155 Å². The minimum atomic E-state index is -0.765. The van der Waals surface area contributed by atoms with Crippen molar-refractivity contribution in [3.05, 3.63) is 69.2 Å². The lowest BCUT2D eigenvalue weighted by atomic mass is 9.91. The quantitative estimate of drug-likeness (QED) is 0.762. The molecule has 0 spiro atoms. The summed E-state index contributed by atoms with van der Waals surface area (Å²) >= 11 is 10.1. The molecule has 2 aromatic rings. The Morgan fingerprint density at radius 3 is 2.46 bits per heavy atom. The van der Waals surface area contributed by atoms with Crippen molar-refractivity contribution < 1.29 is 9.90 Å². The standard InChI is InChI=1S/C19H19BrClNO2/c20-15-9-3-1-7-13(15)18(14-8-2-4-10-16(14)21)22-12-6-5-11-17(22)19(23)24/h1-4,7-10,17-18H,5-6,11-12H2,(H,23,24). The van der Waals surface area contributed by atoms with Crippen LogP contribution in [-0.4, -0.2) is 28.6 Å². The lowest BCUT2D eigenvalue weighted by Gasteiger charge is -2.40. The molecule has 24 heavy (non-hydrogen) atoms. The van der Waals surface area contributed by atoms with E-state index in [4.69, 9.17) is 11.6 Å². The Morgan fingerprint density at radius 2 is 1.79 bits per heavy atom. The van der Waals surface area contributed by atoms with Gasteiger partial charge in [0.1, 0.15) is 6.04 Å². The van der Waals surface area contributed by atoms with Gasteiger partial charge in [0.15, 0.2) is 0 Å². The minimum Gasteiger partial charge on any atom is -0.480 e. The van der Waals surface area contributed by atoms with E-state index in [-0.39, 0.29) is 6.04 Å². The molecule has 0 bridgehead atoms. The molecule has 1 N–H and O–H groups in total. The van der Waals surface area contributed by atoms with E-state index in [2.05, 4.69) is 20.8 Å². The predicted octanol–water partition coefficient (Wildman–Crippen LogP) is 5.13. The van der Waals surface area contributed by atoms with Crippen LogP contribution in [0.15, 0.2) is 53.0 Å². The van der Waals surface area contributed by atoms with E-state index in [1.54, 1.807) is 0 Å². The number of rotatable bonds is 4. The van der Waals surface area contributed by atoms with Crippen molar-refractivity contribution in [3.8, 4) is 0 Å². The van der Waals surface area contributed by atoms with Gasteiger partial charge in [0.25, 0.3) is 0 Å². The maximum absolute atomic E-state index is 11.8. The summed E-state index contributed by atoms with van der Waals surface area (Å²) < 4.78 is 0.963. The number of piperidine rings is 1. The van der Waals surface area contributed by atoms with Crippen molar-refractivity contribution in [1.29, 1.82) is 0 Å². The van der Waals surface area contributed by atoms with Crippen LogP contribution >= 0.6 is 27.5 Å². The molecule has 5 heteroatoms. The summed E-state index contributed by atoms with van der Waals surface area (Å²) in [5.41, 5.74) is 1.98. The molecule has 1 saturated heterocycles. The molecule has 0 radical (unpaired) electrons. The summed E-state index contributed by atoms with van der Waals surface area (Å²) in [6.07, 6.45) is 2.61. The van der Waals surface area contributed by atoms with E-state index < -0.39 is 12.0 Å². The van der Waals surface area contributed by atoms with Crippen molar-refractivity contribution in [2.45, 2.75) is 31.3 Å². The number of carboxylic acid groups (broad SMARTS) is 1. The molecule has 1 aliphatic heterocycles. The first-order valence-corrected chi connectivity index (χ1v) is 9.24. The molecule has 2 aromatic carbocycles. The molecule has 0 aliphatic carbocycles. The van der Waals surface area contributed by atoms with Gasteiger partial charge in [-0.25, -0.2) is 0 Å². The van der Waals surface area contributed by atoms with E-state index >= 15 is 0 Å². The van der Waals surface area contributed by atoms with Gasteiger partial charge in [-0.2, -0.15) is 0 Å². The highest BCUT2D eigenvalue weighted by Gasteiger charge is 2.36. The summed E-state index contributed by atoms with van der Waals surface area (Å²) in [5, 5.41) is 10.4. The Balaban J connectivity index is 2.13. The lowest BCUT2D eigenvalue weighted by Crippen LogP contribution is -2.47. The fourth-order valence-electron chi connectivity index (χ4n) is 3.45. The number of carbonyl (C=O) groups is 1. The van der Waals surface area contributed by atoms with Crippen LogP contribution in [0, 0.1) is 0 Å². The first-order valence-electron chi connectivity index (χ1n) is 8.07. The van der Waals surface area contributed by atoms with Gasteiger partial charge in [0.05, 0.1) is 6.04 Å². The molecule has 2 unspecified atom stereocenters. The topological polar surface area (TPSA) is 40.5 Å². The highest BCUT2D eigenvalue weighted by molar-refractivity contribution is 9.10. The minimum absolute atomic E-state index is 0.185. The number of hydrogen-bond donors (Lipinski definition) is 1. The number of aliphatic carboxylic acids is 1. The van der Waals surface area contributed by atoms with Crippen LogP contribution in [0.3, 0.4) is 0 Å². The Kier molecular flexibility index (Phi) is 5.59. The fraction of sp³-hybridized carbons (Fsp3) is 0.316. The smallest absolute Gasteiger partial charge is 0.320 e. The average Bonchev–Trinajstić information content (AvgIpc) is 2.59. The van der Waals surface area contributed by atoms with E-state index in [1.165, 1.54) is 0 Å². The van der Waals surface area contributed by atoms with Gasteiger partial charge in [0.2, 0.25) is 0 Å². The molecular weight excluding hydrogens is 390 g/mol. The molecule has 0 saturated carbocycles. The van der Waals surface area contributed by atoms with Gasteiger partial charge in [-0.05, 0) is 42.6 Å². The van der Waals surface area contributed by atoms with Crippen LogP contribution in [-0.2, 0) is 4.79 Å². The summed E-state index contributed by atoms with van der Waals surface area (Å²) in [6, 6.07) is 15.0. The zero-order valence-corrected chi connectivity index (χ0v) is 15.5. The van der Waals surface area contributed by atoms with Gasteiger partial charge < -0.3 is 5.11 Å². The molecule has 1 aliphatic rings. The molecule has 0 aromatic heterocycles. The van der Waals surface area contributed by atoms with Crippen LogP contribution in [0.25, 0.3) is 0 Å². The molecule has 126 valence electrons. The Morgan fingerprint density at radius 1 is 1.12 bits per heavy atom. The number of benzene rings is 2. The van der Waals surface area contributed by atoms with Crippen LogP contribution in [0.2, 0.25) is 5.02 Å². The van der Waals surface area contributed by atoms with Gasteiger partial charge >= 0.3 is 5.97 Å². The van der Waals surface area contributed by atoms with Crippen LogP contribution in [0.5, 0.6) is 0 Å². The predicted molar refractivity (Wildman–Crippen MR) is 99.4 cm³/mol. The summed E-state index contributed by atoms with van der Waals surface area (Å²) in [4.78, 5) is 13.9. The van der Waals surface area contributed by atoms with Crippen LogP contribution in [0.4, 0.5) is 0 Å². The summed E-state index contributed by atoms with van der Waals surface area (Å²) in [5.74, 6) is -0.765. The molecule has 1 heterocycles. The first-order chi connectivity index (χ1) is 11.6. The van der Waals surface area contributed by atoms with Crippen molar-refractivity contribution >= 4 is 33.5 Å². The Bertz CT molecular complexity index is 691. The van der Waals surface area contributed by atoms with Gasteiger partial charge in [0, 0.05) is 9.50 Å². The molecule has 1 fully saturated rings. The summed E-state index contributed by atoms with van der Waals surface area (Å²) in [7, 11) is 0. The molecule has 0 amide bonds.